The number of nitrogens with zero attached hydrogens (tertiary/aromatic N) is 5. The van der Waals surface area contributed by atoms with Crippen molar-refractivity contribution in [3.8, 4) is 6.07 Å². The molecule has 1 N–H and O–H groups in total. The summed E-state index contributed by atoms with van der Waals surface area (Å²) in [7, 11) is 1.94. The second-order valence-electron chi connectivity index (χ2n) is 6.37. The molecule has 2 atom stereocenters. The Hall–Kier alpha value is -2.69. The molecular weight excluding hydrogens is 308 g/mol. The average Bonchev–Trinajstić information content (AvgIpc) is 2.95. The van der Waals surface area contributed by atoms with Crippen LogP contribution in [0.1, 0.15) is 25.3 Å². The summed E-state index contributed by atoms with van der Waals surface area (Å²) in [5.41, 5.74) is 0.803. The van der Waals surface area contributed by atoms with E-state index in [1.54, 1.807) is 4.90 Å². The van der Waals surface area contributed by atoms with Gasteiger partial charge in [0, 0.05) is 25.7 Å². The van der Waals surface area contributed by atoms with Gasteiger partial charge in [0.2, 0.25) is 11.8 Å². The summed E-state index contributed by atoms with van der Waals surface area (Å²) in [5.74, 6) is 1.45. The fraction of sp³-hybridized carbons (Fsp3) is 0.562. The maximum atomic E-state index is 12.0. The van der Waals surface area contributed by atoms with Crippen molar-refractivity contribution in [2.75, 3.05) is 30.4 Å². The van der Waals surface area contributed by atoms with Crippen molar-refractivity contribution in [3.63, 3.8) is 0 Å². The van der Waals surface area contributed by atoms with Gasteiger partial charge in [-0.1, -0.05) is 6.92 Å². The second-order valence-corrected chi connectivity index (χ2v) is 6.37. The Kier molecular flexibility index (Phi) is 4.34. The van der Waals surface area contributed by atoms with Crippen LogP contribution in [0.5, 0.6) is 0 Å². The predicted octanol–water partition coefficient (Wildman–Crippen LogP) is 0.558. The molecule has 0 aliphatic carbocycles. The van der Waals surface area contributed by atoms with Crippen molar-refractivity contribution >= 4 is 23.5 Å². The molecule has 24 heavy (non-hydrogen) atoms. The number of hydrogen-bond donors (Lipinski definition) is 1. The standard InChI is InChI=1S/C16H20N6O2/c1-10-4-6-22(14(24)3-5-17)8-12(10)21(2)16-11-7-13(23)20-15(11)18-9-19-16/h9-10,12H,3-4,6-8H2,1-2H3,(H,18,19,20,23). The number of rotatable bonds is 3. The number of carbonyl (C=O) groups excluding carboxylic acids is 2. The van der Waals surface area contributed by atoms with E-state index in [0.29, 0.717) is 24.8 Å². The molecule has 8 heteroatoms. The number of fused-ring (bicyclic) bond motifs is 1. The van der Waals surface area contributed by atoms with Gasteiger partial charge in [0.05, 0.1) is 18.5 Å². The van der Waals surface area contributed by atoms with E-state index in [0.717, 1.165) is 17.8 Å². The van der Waals surface area contributed by atoms with Crippen LogP contribution in [-0.4, -0.2) is 52.9 Å². The first-order valence-corrected chi connectivity index (χ1v) is 8.02. The SMILES string of the molecule is CC1CCN(C(=O)CC#N)CC1N(C)c1ncnc2c1CC(=O)N2. The highest BCUT2D eigenvalue weighted by Crippen LogP contribution is 2.32. The molecule has 2 unspecified atom stereocenters. The number of likely N-dealkylation sites (tertiary alicyclic amines) is 1. The van der Waals surface area contributed by atoms with Gasteiger partial charge >= 0.3 is 0 Å². The van der Waals surface area contributed by atoms with Gasteiger partial charge in [0.15, 0.2) is 0 Å². The molecule has 1 fully saturated rings. The van der Waals surface area contributed by atoms with Crippen molar-refractivity contribution in [3.05, 3.63) is 11.9 Å². The van der Waals surface area contributed by atoms with Crippen LogP contribution in [0.4, 0.5) is 11.6 Å². The highest BCUT2D eigenvalue weighted by molar-refractivity contribution is 5.99. The van der Waals surface area contributed by atoms with Crippen LogP contribution in [0, 0.1) is 17.2 Å². The first kappa shape index (κ1) is 16.2. The number of aromatic nitrogens is 2. The van der Waals surface area contributed by atoms with Gasteiger partial charge in [-0.3, -0.25) is 9.59 Å². The lowest BCUT2D eigenvalue weighted by molar-refractivity contribution is -0.131. The average molecular weight is 328 g/mol. The van der Waals surface area contributed by atoms with Gasteiger partial charge in [0.25, 0.3) is 0 Å². The van der Waals surface area contributed by atoms with E-state index in [1.165, 1.54) is 6.33 Å². The summed E-state index contributed by atoms with van der Waals surface area (Å²) in [6.45, 7) is 3.38. The van der Waals surface area contributed by atoms with Crippen LogP contribution in [0.15, 0.2) is 6.33 Å². The molecule has 126 valence electrons. The maximum absolute atomic E-state index is 12.0. The number of likely N-dealkylation sites (N-methyl/N-ethyl adjacent to an activating group) is 1. The molecule has 0 aromatic carbocycles. The van der Waals surface area contributed by atoms with Crippen molar-refractivity contribution in [2.24, 2.45) is 5.92 Å². The third kappa shape index (κ3) is 2.89. The topological polar surface area (TPSA) is 102 Å². The number of piperidine rings is 1. The lowest BCUT2D eigenvalue weighted by Gasteiger charge is -2.42. The lowest BCUT2D eigenvalue weighted by Crippen LogP contribution is -2.53. The normalized spacial score (nSPS) is 22.5. The minimum absolute atomic E-state index is 0.0797. The number of hydrogen-bond acceptors (Lipinski definition) is 6. The zero-order valence-electron chi connectivity index (χ0n) is 13.8. The van der Waals surface area contributed by atoms with Gasteiger partial charge in [-0.25, -0.2) is 9.97 Å². The molecule has 8 nitrogen and oxygen atoms in total. The fourth-order valence-corrected chi connectivity index (χ4v) is 3.43. The molecule has 0 bridgehead atoms. The van der Waals surface area contributed by atoms with Gasteiger partial charge in [-0.2, -0.15) is 5.26 Å². The zero-order chi connectivity index (χ0) is 17.3. The number of anilines is 2. The van der Waals surface area contributed by atoms with Crippen LogP contribution in [0.3, 0.4) is 0 Å². The summed E-state index contributed by atoms with van der Waals surface area (Å²) in [5, 5.41) is 11.5. The molecular formula is C16H20N6O2. The van der Waals surface area contributed by atoms with Crippen LogP contribution in [0.25, 0.3) is 0 Å². The third-order valence-corrected chi connectivity index (χ3v) is 4.85. The smallest absolute Gasteiger partial charge is 0.236 e. The zero-order valence-corrected chi connectivity index (χ0v) is 13.8. The van der Waals surface area contributed by atoms with Crippen molar-refractivity contribution in [1.29, 1.82) is 5.26 Å². The third-order valence-electron chi connectivity index (χ3n) is 4.85. The number of carbonyl (C=O) groups is 2. The molecule has 2 amide bonds. The Morgan fingerprint density at radius 2 is 2.33 bits per heavy atom. The monoisotopic (exact) mass is 328 g/mol. The number of nitrogens with one attached hydrogen (secondary N) is 1. The Morgan fingerprint density at radius 1 is 1.54 bits per heavy atom. The molecule has 1 aromatic rings. The summed E-state index contributed by atoms with van der Waals surface area (Å²) in [4.78, 5) is 36.0. The van der Waals surface area contributed by atoms with Gasteiger partial charge < -0.3 is 15.1 Å². The molecule has 0 spiro atoms. The molecule has 3 rings (SSSR count). The van der Waals surface area contributed by atoms with Gasteiger partial charge in [-0.15, -0.1) is 0 Å². The van der Waals surface area contributed by atoms with E-state index >= 15 is 0 Å². The number of amides is 2. The van der Waals surface area contributed by atoms with E-state index in [1.807, 2.05) is 18.0 Å². The van der Waals surface area contributed by atoms with E-state index in [2.05, 4.69) is 22.2 Å². The Morgan fingerprint density at radius 3 is 3.08 bits per heavy atom. The Balaban J connectivity index is 1.83. The van der Waals surface area contributed by atoms with Crippen molar-refractivity contribution in [1.82, 2.24) is 14.9 Å². The van der Waals surface area contributed by atoms with Crippen LogP contribution in [-0.2, 0) is 16.0 Å². The summed E-state index contributed by atoms with van der Waals surface area (Å²) < 4.78 is 0. The van der Waals surface area contributed by atoms with Crippen LogP contribution in [0.2, 0.25) is 0 Å². The highest BCUT2D eigenvalue weighted by Gasteiger charge is 2.34. The van der Waals surface area contributed by atoms with Gasteiger partial charge in [0.1, 0.15) is 24.4 Å². The largest absolute Gasteiger partial charge is 0.354 e. The quantitative estimate of drug-likeness (QED) is 0.870. The summed E-state index contributed by atoms with van der Waals surface area (Å²) in [6.07, 6.45) is 2.50. The molecule has 0 radical (unpaired) electrons. The first-order chi connectivity index (χ1) is 11.5. The Bertz CT molecular complexity index is 713. The van der Waals surface area contributed by atoms with E-state index in [9.17, 15) is 9.59 Å². The van der Waals surface area contributed by atoms with Crippen molar-refractivity contribution in [2.45, 2.75) is 32.2 Å². The maximum Gasteiger partial charge on any atom is 0.236 e. The molecule has 2 aliphatic rings. The summed E-state index contributed by atoms with van der Waals surface area (Å²) >= 11 is 0. The highest BCUT2D eigenvalue weighted by atomic mass is 16.2. The molecule has 0 saturated carbocycles. The summed E-state index contributed by atoms with van der Waals surface area (Å²) in [6, 6.07) is 2.00. The predicted molar refractivity (Wildman–Crippen MR) is 87.1 cm³/mol. The van der Waals surface area contributed by atoms with E-state index < -0.39 is 0 Å². The van der Waals surface area contributed by atoms with E-state index in [4.69, 9.17) is 5.26 Å². The molecule has 2 aliphatic heterocycles. The van der Waals surface area contributed by atoms with Gasteiger partial charge in [-0.05, 0) is 12.3 Å². The van der Waals surface area contributed by atoms with Crippen LogP contribution < -0.4 is 10.2 Å². The first-order valence-electron chi connectivity index (χ1n) is 8.02. The molecule has 1 saturated heterocycles. The van der Waals surface area contributed by atoms with Crippen molar-refractivity contribution < 1.29 is 9.59 Å². The fourth-order valence-electron chi connectivity index (χ4n) is 3.43. The lowest BCUT2D eigenvalue weighted by atomic mass is 9.92. The molecule has 1 aromatic heterocycles. The molecule has 3 heterocycles. The van der Waals surface area contributed by atoms with E-state index in [-0.39, 0.29) is 30.7 Å². The second kappa shape index (κ2) is 6.43. The van der Waals surface area contributed by atoms with Crippen LogP contribution >= 0.6 is 0 Å². The number of nitriles is 1. The minimum Gasteiger partial charge on any atom is -0.354 e. The Labute approximate surface area is 140 Å². The minimum atomic E-state index is -0.132.